The molecular formula is C19H12ClFN4O2S. The molecule has 0 aliphatic heterocycles. The highest BCUT2D eigenvalue weighted by molar-refractivity contribution is 7.19. The third-order valence-electron chi connectivity index (χ3n) is 4.20. The van der Waals surface area contributed by atoms with Gasteiger partial charge in [-0.2, -0.15) is 0 Å². The van der Waals surface area contributed by atoms with Gasteiger partial charge >= 0.3 is 0 Å². The summed E-state index contributed by atoms with van der Waals surface area (Å²) in [6.45, 7) is 1.96. The topological polar surface area (TPSA) is 81.0 Å². The molecular weight excluding hydrogens is 403 g/mol. The van der Waals surface area contributed by atoms with Crippen LogP contribution < -0.4 is 5.32 Å². The van der Waals surface area contributed by atoms with Crippen LogP contribution in [0, 0.1) is 22.9 Å². The molecule has 0 amide bonds. The van der Waals surface area contributed by atoms with Crippen LogP contribution in [0.15, 0.2) is 48.8 Å². The van der Waals surface area contributed by atoms with E-state index in [0.717, 1.165) is 26.2 Å². The monoisotopic (exact) mass is 414 g/mol. The SMILES string of the molecule is Cc1sc2ncnc(Nc3ccc(Cl)c([N+](=O)[O-])c3)c2c1-c1ccc(F)cc1. The van der Waals surface area contributed by atoms with Gasteiger partial charge in [-0.3, -0.25) is 10.1 Å². The quantitative estimate of drug-likeness (QED) is 0.322. The highest BCUT2D eigenvalue weighted by atomic mass is 35.5. The average Bonchev–Trinajstić information content (AvgIpc) is 3.00. The van der Waals surface area contributed by atoms with Crippen molar-refractivity contribution in [2.45, 2.75) is 6.92 Å². The van der Waals surface area contributed by atoms with Gasteiger partial charge in [-0.15, -0.1) is 11.3 Å². The number of anilines is 2. The molecule has 0 saturated heterocycles. The molecule has 0 fully saturated rings. The summed E-state index contributed by atoms with van der Waals surface area (Å²) in [4.78, 5) is 21.0. The second kappa shape index (κ2) is 7.14. The number of nitro groups is 1. The summed E-state index contributed by atoms with van der Waals surface area (Å²) in [7, 11) is 0. The van der Waals surface area contributed by atoms with E-state index in [1.807, 2.05) is 6.92 Å². The Kier molecular flexibility index (Phi) is 4.66. The van der Waals surface area contributed by atoms with E-state index in [4.69, 9.17) is 11.6 Å². The molecule has 2 heterocycles. The zero-order chi connectivity index (χ0) is 19.8. The molecule has 2 aromatic carbocycles. The number of aromatic nitrogens is 2. The number of rotatable bonds is 4. The first-order valence-electron chi connectivity index (χ1n) is 8.15. The Morgan fingerprint density at radius 2 is 1.93 bits per heavy atom. The normalized spacial score (nSPS) is 11.0. The van der Waals surface area contributed by atoms with E-state index in [1.165, 1.54) is 41.9 Å². The predicted octanol–water partition coefficient (Wildman–Crippen LogP) is 6.11. The first-order valence-corrected chi connectivity index (χ1v) is 9.34. The second-order valence-electron chi connectivity index (χ2n) is 5.99. The maximum absolute atomic E-state index is 13.3. The molecule has 0 spiro atoms. The van der Waals surface area contributed by atoms with Crippen LogP contribution in [0.3, 0.4) is 0 Å². The molecule has 9 heteroatoms. The number of nitrogens with zero attached hydrogens (tertiary/aromatic N) is 3. The summed E-state index contributed by atoms with van der Waals surface area (Å²) in [5, 5.41) is 15.1. The van der Waals surface area contributed by atoms with Gasteiger partial charge < -0.3 is 5.32 Å². The number of aryl methyl sites for hydroxylation is 1. The Morgan fingerprint density at radius 3 is 2.64 bits per heavy atom. The van der Waals surface area contributed by atoms with Gasteiger partial charge in [-0.05, 0) is 36.8 Å². The molecule has 1 N–H and O–H groups in total. The van der Waals surface area contributed by atoms with Crippen molar-refractivity contribution in [1.82, 2.24) is 9.97 Å². The van der Waals surface area contributed by atoms with Crippen molar-refractivity contribution in [1.29, 1.82) is 0 Å². The second-order valence-corrected chi connectivity index (χ2v) is 7.60. The standard InChI is InChI=1S/C19H12ClFN4O2S/c1-10-16(11-2-4-12(21)5-3-11)17-18(22-9-23-19(17)28-10)24-13-6-7-14(20)15(8-13)25(26)27/h2-9H,1H3,(H,22,23,24). The fourth-order valence-electron chi connectivity index (χ4n) is 2.97. The van der Waals surface area contributed by atoms with Crippen molar-refractivity contribution < 1.29 is 9.31 Å². The van der Waals surface area contributed by atoms with Gasteiger partial charge in [-0.25, -0.2) is 14.4 Å². The fraction of sp³-hybridized carbons (Fsp3) is 0.0526. The first-order chi connectivity index (χ1) is 13.4. The van der Waals surface area contributed by atoms with Gasteiger partial charge in [0.2, 0.25) is 0 Å². The third kappa shape index (κ3) is 3.28. The highest BCUT2D eigenvalue weighted by Gasteiger charge is 2.18. The van der Waals surface area contributed by atoms with E-state index in [0.29, 0.717) is 11.5 Å². The Bertz CT molecular complexity index is 1210. The number of thiophene rings is 1. The number of halogens is 2. The highest BCUT2D eigenvalue weighted by Crippen LogP contribution is 2.41. The minimum atomic E-state index is -0.540. The summed E-state index contributed by atoms with van der Waals surface area (Å²) >= 11 is 7.39. The Morgan fingerprint density at radius 1 is 1.18 bits per heavy atom. The van der Waals surface area contributed by atoms with Crippen LogP contribution in [0.2, 0.25) is 5.02 Å². The maximum atomic E-state index is 13.3. The van der Waals surface area contributed by atoms with Crippen molar-refractivity contribution in [3.05, 3.63) is 74.6 Å². The lowest BCUT2D eigenvalue weighted by Gasteiger charge is -2.09. The molecule has 140 valence electrons. The minimum absolute atomic E-state index is 0.0572. The summed E-state index contributed by atoms with van der Waals surface area (Å²) in [5.41, 5.74) is 2.01. The number of nitrogens with one attached hydrogen (secondary N) is 1. The third-order valence-corrected chi connectivity index (χ3v) is 5.54. The van der Waals surface area contributed by atoms with Crippen LogP contribution in [-0.2, 0) is 0 Å². The van der Waals surface area contributed by atoms with Gasteiger partial charge in [0.25, 0.3) is 5.69 Å². The van der Waals surface area contributed by atoms with Crippen molar-refractivity contribution in [3.8, 4) is 11.1 Å². The van der Waals surface area contributed by atoms with E-state index in [2.05, 4.69) is 15.3 Å². The molecule has 0 bridgehead atoms. The van der Waals surface area contributed by atoms with Crippen molar-refractivity contribution in [3.63, 3.8) is 0 Å². The number of fused-ring (bicyclic) bond motifs is 1. The lowest BCUT2D eigenvalue weighted by molar-refractivity contribution is -0.384. The number of hydrogen-bond acceptors (Lipinski definition) is 6. The maximum Gasteiger partial charge on any atom is 0.289 e. The van der Waals surface area contributed by atoms with Gasteiger partial charge in [0, 0.05) is 22.2 Å². The Labute approximate surface area is 167 Å². The molecule has 0 aliphatic carbocycles. The van der Waals surface area contributed by atoms with Crippen LogP contribution in [0.4, 0.5) is 21.6 Å². The van der Waals surface area contributed by atoms with Gasteiger partial charge in [-0.1, -0.05) is 23.7 Å². The number of hydrogen-bond donors (Lipinski definition) is 1. The van der Waals surface area contributed by atoms with Crippen LogP contribution in [0.5, 0.6) is 0 Å². The van der Waals surface area contributed by atoms with Crippen LogP contribution >= 0.6 is 22.9 Å². The predicted molar refractivity (Wildman–Crippen MR) is 109 cm³/mol. The van der Waals surface area contributed by atoms with Crippen molar-refractivity contribution in [2.24, 2.45) is 0 Å². The lowest BCUT2D eigenvalue weighted by atomic mass is 10.0. The summed E-state index contributed by atoms with van der Waals surface area (Å²) < 4.78 is 13.3. The summed E-state index contributed by atoms with van der Waals surface area (Å²) in [5.74, 6) is 0.189. The zero-order valence-corrected chi connectivity index (χ0v) is 16.0. The number of benzene rings is 2. The van der Waals surface area contributed by atoms with E-state index in [-0.39, 0.29) is 16.5 Å². The minimum Gasteiger partial charge on any atom is -0.339 e. The fourth-order valence-corrected chi connectivity index (χ4v) is 4.17. The van der Waals surface area contributed by atoms with Gasteiger partial charge in [0.15, 0.2) is 0 Å². The summed E-state index contributed by atoms with van der Waals surface area (Å²) in [6, 6.07) is 10.7. The Hall–Kier alpha value is -3.10. The first kappa shape index (κ1) is 18.3. The van der Waals surface area contributed by atoms with Crippen LogP contribution in [0.1, 0.15) is 4.88 Å². The Balaban J connectivity index is 1.85. The molecule has 2 aromatic heterocycles. The summed E-state index contributed by atoms with van der Waals surface area (Å²) in [6.07, 6.45) is 1.43. The van der Waals surface area contributed by atoms with Crippen LogP contribution in [-0.4, -0.2) is 14.9 Å². The number of nitro benzene ring substituents is 1. The molecule has 0 aliphatic rings. The zero-order valence-electron chi connectivity index (χ0n) is 14.4. The van der Waals surface area contributed by atoms with Gasteiger partial charge in [0.1, 0.15) is 27.8 Å². The van der Waals surface area contributed by atoms with E-state index in [1.54, 1.807) is 18.2 Å². The molecule has 0 saturated carbocycles. The van der Waals surface area contributed by atoms with Gasteiger partial charge in [0.05, 0.1) is 10.3 Å². The lowest BCUT2D eigenvalue weighted by Crippen LogP contribution is -1.97. The van der Waals surface area contributed by atoms with E-state index < -0.39 is 4.92 Å². The average molecular weight is 415 g/mol. The molecule has 4 rings (SSSR count). The molecule has 28 heavy (non-hydrogen) atoms. The molecule has 6 nitrogen and oxygen atoms in total. The molecule has 0 radical (unpaired) electrons. The molecule has 0 unspecified atom stereocenters. The van der Waals surface area contributed by atoms with Crippen molar-refractivity contribution >= 4 is 50.3 Å². The molecule has 4 aromatic rings. The van der Waals surface area contributed by atoms with Crippen molar-refractivity contribution in [2.75, 3.05) is 5.32 Å². The largest absolute Gasteiger partial charge is 0.339 e. The van der Waals surface area contributed by atoms with E-state index >= 15 is 0 Å². The molecule has 0 atom stereocenters. The van der Waals surface area contributed by atoms with E-state index in [9.17, 15) is 14.5 Å². The smallest absolute Gasteiger partial charge is 0.289 e. The van der Waals surface area contributed by atoms with Crippen LogP contribution in [0.25, 0.3) is 21.3 Å².